The number of hydrogen-bond donors (Lipinski definition) is 1. The summed E-state index contributed by atoms with van der Waals surface area (Å²) in [5.41, 5.74) is 0. The third-order valence-electron chi connectivity index (χ3n) is 3.01. The highest BCUT2D eigenvalue weighted by atomic mass is 16.6. The third-order valence-corrected chi connectivity index (χ3v) is 3.01. The monoisotopic (exact) mass is 255 g/mol. The summed E-state index contributed by atoms with van der Waals surface area (Å²) in [6.45, 7) is 3.64. The standard InChI is InChI=1S/C13H21NO4/c1-3-10(15)6-4-5-7-12(16)14-11-8-9(2)18-13(11)17/h9,11H,3-8H2,1-2H3,(H,14,16)/t9-,11-/m1/s1. The largest absolute Gasteiger partial charge is 0.461 e. The topological polar surface area (TPSA) is 72.5 Å². The fraction of sp³-hybridized carbons (Fsp3) is 0.769. The molecule has 0 radical (unpaired) electrons. The fourth-order valence-corrected chi connectivity index (χ4v) is 1.93. The van der Waals surface area contributed by atoms with E-state index in [2.05, 4.69) is 5.32 Å². The fourth-order valence-electron chi connectivity index (χ4n) is 1.93. The van der Waals surface area contributed by atoms with Crippen LogP contribution in [0.1, 0.15) is 52.4 Å². The Morgan fingerprint density at radius 3 is 2.56 bits per heavy atom. The van der Waals surface area contributed by atoms with Crippen molar-refractivity contribution in [2.24, 2.45) is 0 Å². The first-order valence-electron chi connectivity index (χ1n) is 6.54. The summed E-state index contributed by atoms with van der Waals surface area (Å²) < 4.78 is 4.95. The van der Waals surface area contributed by atoms with Gasteiger partial charge in [-0.1, -0.05) is 6.92 Å². The van der Waals surface area contributed by atoms with Crippen LogP contribution in [0.2, 0.25) is 0 Å². The Balaban J connectivity index is 2.14. The summed E-state index contributed by atoms with van der Waals surface area (Å²) in [7, 11) is 0. The number of hydrogen-bond acceptors (Lipinski definition) is 4. The maximum atomic E-state index is 11.6. The normalized spacial score (nSPS) is 22.7. The zero-order valence-corrected chi connectivity index (χ0v) is 11.0. The predicted octanol–water partition coefficient (Wildman–Crippen LogP) is 1.35. The summed E-state index contributed by atoms with van der Waals surface area (Å²) in [6.07, 6.45) is 3.27. The van der Waals surface area contributed by atoms with Crippen LogP contribution in [0.5, 0.6) is 0 Å². The van der Waals surface area contributed by atoms with Crippen molar-refractivity contribution in [3.8, 4) is 0 Å². The number of cyclic esters (lactones) is 1. The van der Waals surface area contributed by atoms with Crippen molar-refractivity contribution in [2.75, 3.05) is 0 Å². The second-order valence-electron chi connectivity index (χ2n) is 4.70. The maximum absolute atomic E-state index is 11.6. The highest BCUT2D eigenvalue weighted by molar-refractivity contribution is 5.85. The van der Waals surface area contributed by atoms with E-state index in [4.69, 9.17) is 4.74 Å². The number of rotatable bonds is 7. The van der Waals surface area contributed by atoms with Gasteiger partial charge in [0.25, 0.3) is 0 Å². The summed E-state index contributed by atoms with van der Waals surface area (Å²) in [5, 5.41) is 2.66. The van der Waals surface area contributed by atoms with Gasteiger partial charge < -0.3 is 10.1 Å². The molecule has 0 aliphatic carbocycles. The Labute approximate surface area is 107 Å². The molecule has 1 saturated heterocycles. The molecule has 1 rings (SSSR count). The molecule has 0 aromatic rings. The first kappa shape index (κ1) is 14.7. The Hall–Kier alpha value is -1.39. The first-order valence-corrected chi connectivity index (χ1v) is 6.54. The molecule has 1 fully saturated rings. The van der Waals surface area contributed by atoms with Gasteiger partial charge in [0.15, 0.2) is 0 Å². The van der Waals surface area contributed by atoms with Crippen LogP contribution in [-0.2, 0) is 19.1 Å². The Kier molecular flexibility index (Phi) is 5.82. The van der Waals surface area contributed by atoms with Crippen molar-refractivity contribution < 1.29 is 19.1 Å². The average Bonchev–Trinajstić information content (AvgIpc) is 2.63. The van der Waals surface area contributed by atoms with Gasteiger partial charge in [-0.3, -0.25) is 9.59 Å². The number of nitrogens with one attached hydrogen (secondary N) is 1. The third kappa shape index (κ3) is 4.85. The van der Waals surface area contributed by atoms with Crippen LogP contribution in [0.15, 0.2) is 0 Å². The van der Waals surface area contributed by atoms with Gasteiger partial charge in [-0.15, -0.1) is 0 Å². The number of Topliss-reactive ketones (excluding diaryl/α,β-unsaturated/α-hetero) is 1. The van der Waals surface area contributed by atoms with Crippen LogP contribution in [-0.4, -0.2) is 29.8 Å². The molecule has 0 spiro atoms. The molecule has 5 nitrogen and oxygen atoms in total. The first-order chi connectivity index (χ1) is 8.52. The molecule has 102 valence electrons. The van der Waals surface area contributed by atoms with Crippen LogP contribution < -0.4 is 5.32 Å². The molecular formula is C13H21NO4. The van der Waals surface area contributed by atoms with Crippen LogP contribution in [0.4, 0.5) is 0 Å². The van der Waals surface area contributed by atoms with Crippen molar-refractivity contribution in [1.29, 1.82) is 0 Å². The molecule has 5 heteroatoms. The minimum atomic E-state index is -0.496. The van der Waals surface area contributed by atoms with E-state index in [1.165, 1.54) is 0 Å². The number of ether oxygens (including phenoxy) is 1. The zero-order chi connectivity index (χ0) is 13.5. The van der Waals surface area contributed by atoms with E-state index in [1.54, 1.807) is 6.92 Å². The van der Waals surface area contributed by atoms with Crippen LogP contribution in [0.3, 0.4) is 0 Å². The van der Waals surface area contributed by atoms with Gasteiger partial charge in [0.2, 0.25) is 5.91 Å². The number of carbonyl (C=O) groups is 3. The molecular weight excluding hydrogens is 234 g/mol. The zero-order valence-electron chi connectivity index (χ0n) is 11.0. The number of esters is 1. The van der Waals surface area contributed by atoms with Crippen molar-refractivity contribution >= 4 is 17.7 Å². The molecule has 0 saturated carbocycles. The molecule has 0 unspecified atom stereocenters. The molecule has 1 aliphatic heterocycles. The number of carbonyl (C=O) groups excluding carboxylic acids is 3. The number of ketones is 1. The summed E-state index contributed by atoms with van der Waals surface area (Å²) in [4.78, 5) is 33.9. The van der Waals surface area contributed by atoms with Gasteiger partial charge in [0, 0.05) is 25.7 Å². The second-order valence-corrected chi connectivity index (χ2v) is 4.70. The summed E-state index contributed by atoms with van der Waals surface area (Å²) in [5.74, 6) is -0.268. The molecule has 1 N–H and O–H groups in total. The Morgan fingerprint density at radius 1 is 1.33 bits per heavy atom. The summed E-state index contributed by atoms with van der Waals surface area (Å²) >= 11 is 0. The highest BCUT2D eigenvalue weighted by Gasteiger charge is 2.32. The molecule has 18 heavy (non-hydrogen) atoms. The minimum Gasteiger partial charge on any atom is -0.461 e. The Bertz CT molecular complexity index is 327. The van der Waals surface area contributed by atoms with Crippen LogP contribution in [0.25, 0.3) is 0 Å². The molecule has 1 aliphatic rings. The highest BCUT2D eigenvalue weighted by Crippen LogP contribution is 2.14. The van der Waals surface area contributed by atoms with Gasteiger partial charge in [-0.25, -0.2) is 4.79 Å². The van der Waals surface area contributed by atoms with Gasteiger partial charge in [0.05, 0.1) is 0 Å². The smallest absolute Gasteiger partial charge is 0.329 e. The van der Waals surface area contributed by atoms with Gasteiger partial charge >= 0.3 is 5.97 Å². The van der Waals surface area contributed by atoms with Crippen molar-refractivity contribution in [2.45, 2.75) is 64.5 Å². The average molecular weight is 255 g/mol. The molecule has 1 amide bonds. The predicted molar refractivity (Wildman–Crippen MR) is 65.9 cm³/mol. The van der Waals surface area contributed by atoms with E-state index in [1.807, 2.05) is 6.92 Å². The quantitative estimate of drug-likeness (QED) is 0.550. The van der Waals surface area contributed by atoms with Crippen LogP contribution >= 0.6 is 0 Å². The number of unbranched alkanes of at least 4 members (excludes halogenated alkanes) is 1. The van der Waals surface area contributed by atoms with E-state index in [9.17, 15) is 14.4 Å². The summed E-state index contributed by atoms with van der Waals surface area (Å²) in [6, 6.07) is -0.496. The lowest BCUT2D eigenvalue weighted by Crippen LogP contribution is -2.37. The lowest BCUT2D eigenvalue weighted by Gasteiger charge is -2.08. The van der Waals surface area contributed by atoms with Crippen molar-refractivity contribution in [3.05, 3.63) is 0 Å². The molecule has 0 bridgehead atoms. The van der Waals surface area contributed by atoms with E-state index in [0.717, 1.165) is 6.42 Å². The number of amides is 1. The molecule has 1 heterocycles. The SMILES string of the molecule is CCC(=O)CCCCC(=O)N[C@@H]1C[C@@H](C)OC1=O. The van der Waals surface area contributed by atoms with E-state index in [0.29, 0.717) is 32.1 Å². The van der Waals surface area contributed by atoms with E-state index < -0.39 is 6.04 Å². The Morgan fingerprint density at radius 2 is 2.00 bits per heavy atom. The van der Waals surface area contributed by atoms with E-state index >= 15 is 0 Å². The van der Waals surface area contributed by atoms with Crippen LogP contribution in [0, 0.1) is 0 Å². The second kappa shape index (κ2) is 7.13. The van der Waals surface area contributed by atoms with E-state index in [-0.39, 0.29) is 23.8 Å². The van der Waals surface area contributed by atoms with Gasteiger partial charge in [0.1, 0.15) is 17.9 Å². The minimum absolute atomic E-state index is 0.120. The lowest BCUT2D eigenvalue weighted by molar-refractivity contribution is -0.143. The van der Waals surface area contributed by atoms with Crippen molar-refractivity contribution in [1.82, 2.24) is 5.32 Å². The van der Waals surface area contributed by atoms with Gasteiger partial charge in [-0.2, -0.15) is 0 Å². The van der Waals surface area contributed by atoms with Gasteiger partial charge in [-0.05, 0) is 19.8 Å². The van der Waals surface area contributed by atoms with Crippen molar-refractivity contribution in [3.63, 3.8) is 0 Å². The lowest BCUT2D eigenvalue weighted by atomic mass is 10.1. The maximum Gasteiger partial charge on any atom is 0.329 e. The molecule has 0 aromatic heterocycles. The molecule has 2 atom stereocenters. The molecule has 0 aromatic carbocycles.